The second-order valence-corrected chi connectivity index (χ2v) is 11.4. The van der Waals surface area contributed by atoms with Crippen LogP contribution in [0, 0.1) is 0 Å². The molecule has 1 unspecified atom stereocenters. The molecular weight excluding hydrogens is 291 g/mol. The Balaban J connectivity index is 5.03. The van der Waals surface area contributed by atoms with Gasteiger partial charge in [-0.05, 0) is 33.6 Å². The maximum atomic E-state index is 13.1. The summed E-state index contributed by atoms with van der Waals surface area (Å²) < 4.78 is 30.9. The molecule has 0 spiro atoms. The van der Waals surface area contributed by atoms with Gasteiger partial charge in [-0.2, -0.15) is 0 Å². The molecule has 122 valence electrons. The molecule has 0 bridgehead atoms. The second kappa shape index (κ2) is 10.1. The fourth-order valence-electron chi connectivity index (χ4n) is 2.43. The van der Waals surface area contributed by atoms with Gasteiger partial charge in [0.05, 0.1) is 5.85 Å². The van der Waals surface area contributed by atoms with E-state index in [0.29, 0.717) is 13.2 Å². The Labute approximate surface area is 126 Å². The molecule has 0 fully saturated rings. The zero-order valence-electron chi connectivity index (χ0n) is 14.1. The summed E-state index contributed by atoms with van der Waals surface area (Å²) in [6.45, 7) is 13.1. The molecule has 0 amide bonds. The molecule has 0 aromatic rings. The zero-order chi connectivity index (χ0) is 15.6. The summed E-state index contributed by atoms with van der Waals surface area (Å²) in [5.74, 6) is -0.271. The van der Waals surface area contributed by atoms with E-state index in [-0.39, 0.29) is 5.85 Å². The molecule has 1 atom stereocenters. The van der Waals surface area contributed by atoms with Crippen LogP contribution >= 0.6 is 7.14 Å². The highest BCUT2D eigenvalue weighted by Gasteiger charge is 2.44. The first-order chi connectivity index (χ1) is 9.43. The third-order valence-electron chi connectivity index (χ3n) is 3.38. The average Bonchev–Trinajstić information content (AvgIpc) is 2.39. The van der Waals surface area contributed by atoms with E-state index in [1.54, 1.807) is 0 Å². The van der Waals surface area contributed by atoms with Crippen molar-refractivity contribution in [2.45, 2.75) is 66.3 Å². The fraction of sp³-hybridized carbons (Fsp3) is 1.00. The highest BCUT2D eigenvalue weighted by molar-refractivity contribution is 7.64. The summed E-state index contributed by atoms with van der Waals surface area (Å²) in [5.41, 5.74) is 0. The molecule has 0 aliphatic rings. The Morgan fingerprint density at radius 3 is 1.70 bits per heavy atom. The molecule has 4 nitrogen and oxygen atoms in total. The summed E-state index contributed by atoms with van der Waals surface area (Å²) in [6.07, 6.45) is 3.34. The van der Waals surface area contributed by atoms with Gasteiger partial charge >= 0.3 is 8.80 Å². The van der Waals surface area contributed by atoms with Crippen molar-refractivity contribution in [3.63, 3.8) is 0 Å². The number of hydrogen-bond donors (Lipinski definition) is 0. The summed E-state index contributed by atoms with van der Waals surface area (Å²) in [4.78, 5) is 0. The Bertz CT molecular complexity index is 283. The largest absolute Gasteiger partial charge is 0.501 e. The zero-order valence-corrected chi connectivity index (χ0v) is 16.0. The molecule has 20 heavy (non-hydrogen) atoms. The highest BCUT2D eigenvalue weighted by atomic mass is 31.2. The van der Waals surface area contributed by atoms with Crippen LogP contribution in [-0.4, -0.2) is 40.2 Å². The standard InChI is InChI=1S/C14H33O4PSi/c1-7-12-19(15,13-8-2)14(6)18-20(11-5,16-9-3)17-10-4/h14H,7-13H2,1-6H3. The van der Waals surface area contributed by atoms with E-state index >= 15 is 0 Å². The Morgan fingerprint density at radius 2 is 1.40 bits per heavy atom. The van der Waals surface area contributed by atoms with E-state index in [4.69, 9.17) is 13.3 Å². The van der Waals surface area contributed by atoms with E-state index in [1.165, 1.54) is 0 Å². The van der Waals surface area contributed by atoms with Gasteiger partial charge in [0.1, 0.15) is 7.14 Å². The van der Waals surface area contributed by atoms with Crippen LogP contribution in [0.4, 0.5) is 0 Å². The van der Waals surface area contributed by atoms with E-state index < -0.39 is 15.9 Å². The molecule has 0 aliphatic heterocycles. The van der Waals surface area contributed by atoms with Gasteiger partial charge in [0, 0.05) is 31.6 Å². The first-order valence-electron chi connectivity index (χ1n) is 7.97. The minimum Gasteiger partial charge on any atom is -0.374 e. The number of hydrogen-bond acceptors (Lipinski definition) is 4. The van der Waals surface area contributed by atoms with Gasteiger partial charge in [0.2, 0.25) is 0 Å². The minimum absolute atomic E-state index is 0.271. The van der Waals surface area contributed by atoms with Crippen LogP contribution in [-0.2, 0) is 17.8 Å². The lowest BCUT2D eigenvalue weighted by Crippen LogP contribution is -2.47. The molecule has 0 aromatic carbocycles. The van der Waals surface area contributed by atoms with Crippen molar-refractivity contribution in [2.24, 2.45) is 0 Å². The van der Waals surface area contributed by atoms with Crippen LogP contribution in [0.5, 0.6) is 0 Å². The third-order valence-corrected chi connectivity index (χ3v) is 10.5. The maximum Gasteiger partial charge on any atom is 0.501 e. The summed E-state index contributed by atoms with van der Waals surface area (Å²) in [6, 6.07) is 0.720. The Kier molecular flexibility index (Phi) is 10.3. The molecule has 0 rings (SSSR count). The van der Waals surface area contributed by atoms with Crippen molar-refractivity contribution in [3.8, 4) is 0 Å². The van der Waals surface area contributed by atoms with E-state index in [1.807, 2.05) is 27.7 Å². The van der Waals surface area contributed by atoms with Crippen LogP contribution < -0.4 is 0 Å². The fourth-order valence-corrected chi connectivity index (χ4v) is 8.33. The van der Waals surface area contributed by atoms with Crippen molar-refractivity contribution < 1.29 is 17.8 Å². The van der Waals surface area contributed by atoms with Gasteiger partial charge in [0.15, 0.2) is 0 Å². The molecule has 0 N–H and O–H groups in total. The van der Waals surface area contributed by atoms with Gasteiger partial charge < -0.3 is 17.8 Å². The van der Waals surface area contributed by atoms with Crippen molar-refractivity contribution >= 4 is 15.9 Å². The lowest BCUT2D eigenvalue weighted by atomic mass is 10.6. The van der Waals surface area contributed by atoms with Gasteiger partial charge in [-0.15, -0.1) is 0 Å². The van der Waals surface area contributed by atoms with Crippen molar-refractivity contribution in [1.82, 2.24) is 0 Å². The van der Waals surface area contributed by atoms with Gasteiger partial charge in [-0.25, -0.2) is 0 Å². The molecule has 0 saturated heterocycles. The van der Waals surface area contributed by atoms with E-state index in [9.17, 15) is 4.57 Å². The SMILES string of the molecule is CCCP(=O)(CCC)C(C)O[Si](CC)(OCC)OCC. The van der Waals surface area contributed by atoms with Crippen LogP contribution in [0.2, 0.25) is 6.04 Å². The maximum absolute atomic E-state index is 13.1. The summed E-state index contributed by atoms with van der Waals surface area (Å²) in [7, 11) is -4.99. The lowest BCUT2D eigenvalue weighted by Gasteiger charge is -2.34. The molecule has 0 aliphatic carbocycles. The Hall–Kier alpha value is 0.327. The summed E-state index contributed by atoms with van der Waals surface area (Å²) in [5, 5.41) is 0. The predicted octanol–water partition coefficient (Wildman–Crippen LogP) is 4.56. The quantitative estimate of drug-likeness (QED) is 0.390. The first kappa shape index (κ1) is 20.3. The number of rotatable bonds is 12. The molecule has 0 radical (unpaired) electrons. The second-order valence-electron chi connectivity index (χ2n) is 5.02. The monoisotopic (exact) mass is 324 g/mol. The average molecular weight is 324 g/mol. The highest BCUT2D eigenvalue weighted by Crippen LogP contribution is 2.53. The third kappa shape index (κ3) is 5.98. The van der Waals surface area contributed by atoms with E-state index in [0.717, 1.165) is 31.2 Å². The van der Waals surface area contributed by atoms with Gasteiger partial charge in [-0.1, -0.05) is 20.8 Å². The topological polar surface area (TPSA) is 44.8 Å². The smallest absolute Gasteiger partial charge is 0.374 e. The lowest BCUT2D eigenvalue weighted by molar-refractivity contribution is 0.0607. The molecule has 0 heterocycles. The van der Waals surface area contributed by atoms with Crippen molar-refractivity contribution in [1.29, 1.82) is 0 Å². The molecule has 6 heteroatoms. The normalized spacial score (nSPS) is 14.5. The summed E-state index contributed by atoms with van der Waals surface area (Å²) >= 11 is 0. The van der Waals surface area contributed by atoms with Crippen LogP contribution in [0.25, 0.3) is 0 Å². The van der Waals surface area contributed by atoms with Gasteiger partial charge in [0.25, 0.3) is 0 Å². The van der Waals surface area contributed by atoms with Crippen LogP contribution in [0.3, 0.4) is 0 Å². The van der Waals surface area contributed by atoms with Crippen molar-refractivity contribution in [3.05, 3.63) is 0 Å². The van der Waals surface area contributed by atoms with E-state index in [2.05, 4.69) is 13.8 Å². The minimum atomic E-state index is -2.67. The first-order valence-corrected chi connectivity index (χ1v) is 12.0. The molecule has 0 saturated carbocycles. The Morgan fingerprint density at radius 1 is 0.950 bits per heavy atom. The molecular formula is C14H33O4PSi. The molecule has 0 aromatic heterocycles. The van der Waals surface area contributed by atoms with Crippen LogP contribution in [0.15, 0.2) is 0 Å². The van der Waals surface area contributed by atoms with Gasteiger partial charge in [-0.3, -0.25) is 0 Å². The predicted molar refractivity (Wildman–Crippen MR) is 88.0 cm³/mol. The van der Waals surface area contributed by atoms with Crippen molar-refractivity contribution in [2.75, 3.05) is 25.5 Å². The van der Waals surface area contributed by atoms with Crippen LogP contribution in [0.1, 0.15) is 54.4 Å².